The largest absolute Gasteiger partial charge is 0.462 e. The third kappa shape index (κ3) is 64.8. The van der Waals surface area contributed by atoms with Gasteiger partial charge in [0, 0.05) is 19.3 Å². The summed E-state index contributed by atoms with van der Waals surface area (Å²) in [6, 6.07) is 0. The second kappa shape index (κ2) is 66.6. The lowest BCUT2D eigenvalue weighted by atomic mass is 10.0. The molecule has 0 aromatic carbocycles. The molecule has 0 bridgehead atoms. The molecule has 6 nitrogen and oxygen atoms in total. The topological polar surface area (TPSA) is 78.9 Å². The number of hydrogen-bond donors (Lipinski definition) is 0. The van der Waals surface area contributed by atoms with Gasteiger partial charge in [0.25, 0.3) is 0 Å². The van der Waals surface area contributed by atoms with Crippen LogP contribution in [0.3, 0.4) is 0 Å². The highest BCUT2D eigenvalue weighted by Gasteiger charge is 2.19. The van der Waals surface area contributed by atoms with Gasteiger partial charge in [0.2, 0.25) is 0 Å². The quantitative estimate of drug-likeness (QED) is 0.0261. The van der Waals surface area contributed by atoms with Gasteiger partial charge in [-0.05, 0) is 116 Å². The minimum atomic E-state index is -0.785. The van der Waals surface area contributed by atoms with E-state index in [0.29, 0.717) is 19.3 Å². The van der Waals surface area contributed by atoms with E-state index >= 15 is 0 Å². The van der Waals surface area contributed by atoms with Crippen molar-refractivity contribution in [1.29, 1.82) is 0 Å². The van der Waals surface area contributed by atoms with Gasteiger partial charge in [0.15, 0.2) is 6.10 Å². The molecule has 0 rings (SSSR count). The monoisotopic (exact) mass is 1100 g/mol. The van der Waals surface area contributed by atoms with Crippen LogP contribution in [0.1, 0.15) is 316 Å². The molecule has 0 aliphatic rings. The normalized spacial score (nSPS) is 12.8. The molecule has 0 amide bonds. The first-order valence-electron chi connectivity index (χ1n) is 33.4. The first-order valence-corrected chi connectivity index (χ1v) is 33.4. The SMILES string of the molecule is CC/C=C\C/C=C\C/C=C\C/C=C\CCCCCCCCCCCCCCC(=O)OCC(COC(=O)CCCCCCC/C=C\CCCC)OC(=O)CCCCCCCCCCCCCC/C=C\C/C=C\C/C=C\C/C=C\CC. The highest BCUT2D eigenvalue weighted by molar-refractivity contribution is 5.71. The Bertz CT molecular complexity index is 1590. The number of ether oxygens (including phenoxy) is 3. The molecule has 0 spiro atoms. The summed E-state index contributed by atoms with van der Waals surface area (Å²) in [5.74, 6) is -0.885. The van der Waals surface area contributed by atoms with Crippen LogP contribution in [0.15, 0.2) is 109 Å². The van der Waals surface area contributed by atoms with Gasteiger partial charge in [-0.1, -0.05) is 291 Å². The van der Waals surface area contributed by atoms with Gasteiger partial charge < -0.3 is 14.2 Å². The molecular formula is C73H124O6. The second-order valence-electron chi connectivity index (χ2n) is 22.0. The highest BCUT2D eigenvalue weighted by atomic mass is 16.6. The number of hydrogen-bond acceptors (Lipinski definition) is 6. The summed E-state index contributed by atoms with van der Waals surface area (Å²) < 4.78 is 16.9. The maximum atomic E-state index is 12.9. The van der Waals surface area contributed by atoms with Crippen LogP contribution in [0.4, 0.5) is 0 Å². The van der Waals surface area contributed by atoms with Crippen molar-refractivity contribution in [3.05, 3.63) is 109 Å². The number of carbonyl (C=O) groups is 3. The standard InChI is InChI=1S/C73H124O6/c1-4-7-10-13-16-19-22-24-26-28-30-32-34-36-38-40-42-44-46-48-51-54-57-60-63-66-72(75)78-69-70(68-77-71(74)65-62-59-56-53-50-21-18-15-12-9-6-3)79-73(76)67-64-61-58-55-52-49-47-45-43-41-39-37-35-33-31-29-27-25-23-20-17-14-11-8-5-2/h7-8,10-11,15-20,24-27,30-33,70H,4-6,9,12-14,21-23,28-29,34-69H2,1-3H3/b10-7-,11-8-,18-15-,19-16-,20-17-,26-24-,27-25-,32-30-,33-31-. The molecule has 6 heteroatoms. The van der Waals surface area contributed by atoms with Gasteiger partial charge in [0.1, 0.15) is 13.2 Å². The number of allylic oxidation sites excluding steroid dienone is 18. The molecule has 1 unspecified atom stereocenters. The van der Waals surface area contributed by atoms with E-state index in [1.54, 1.807) is 0 Å². The molecule has 0 fully saturated rings. The second-order valence-corrected chi connectivity index (χ2v) is 22.0. The zero-order chi connectivity index (χ0) is 57.1. The van der Waals surface area contributed by atoms with Crippen molar-refractivity contribution in [2.75, 3.05) is 13.2 Å². The van der Waals surface area contributed by atoms with E-state index in [4.69, 9.17) is 14.2 Å². The molecule has 0 saturated heterocycles. The fraction of sp³-hybridized carbons (Fsp3) is 0.712. The summed E-state index contributed by atoms with van der Waals surface area (Å²) in [5.41, 5.74) is 0. The van der Waals surface area contributed by atoms with Crippen LogP contribution in [-0.2, 0) is 28.6 Å². The van der Waals surface area contributed by atoms with Gasteiger partial charge >= 0.3 is 17.9 Å². The number of esters is 3. The molecular weight excluding hydrogens is 973 g/mol. The Morgan fingerprint density at radius 1 is 0.266 bits per heavy atom. The number of unbranched alkanes of at least 4 members (excludes halogenated alkanes) is 31. The van der Waals surface area contributed by atoms with Crippen molar-refractivity contribution in [3.63, 3.8) is 0 Å². The average molecular weight is 1100 g/mol. The highest BCUT2D eigenvalue weighted by Crippen LogP contribution is 2.17. The van der Waals surface area contributed by atoms with E-state index in [1.165, 1.54) is 161 Å². The summed E-state index contributed by atoms with van der Waals surface area (Å²) in [6.07, 6.45) is 91.1. The first kappa shape index (κ1) is 75.1. The minimum Gasteiger partial charge on any atom is -0.462 e. The molecule has 0 aromatic rings. The van der Waals surface area contributed by atoms with Crippen molar-refractivity contribution >= 4 is 17.9 Å². The lowest BCUT2D eigenvalue weighted by Crippen LogP contribution is -2.30. The molecule has 0 N–H and O–H groups in total. The fourth-order valence-electron chi connectivity index (χ4n) is 9.29. The molecule has 0 aliphatic carbocycles. The Morgan fingerprint density at radius 3 is 0.785 bits per heavy atom. The Balaban J connectivity index is 4.26. The van der Waals surface area contributed by atoms with Gasteiger partial charge in [-0.3, -0.25) is 14.4 Å². The Morgan fingerprint density at radius 2 is 0.494 bits per heavy atom. The molecule has 452 valence electrons. The van der Waals surface area contributed by atoms with E-state index in [-0.39, 0.29) is 31.1 Å². The summed E-state index contributed by atoms with van der Waals surface area (Å²) in [5, 5.41) is 0. The van der Waals surface area contributed by atoms with E-state index < -0.39 is 6.10 Å². The predicted octanol–water partition coefficient (Wildman–Crippen LogP) is 23.0. The van der Waals surface area contributed by atoms with Crippen LogP contribution in [0, 0.1) is 0 Å². The Hall–Kier alpha value is -3.93. The van der Waals surface area contributed by atoms with E-state index in [2.05, 4.69) is 130 Å². The first-order chi connectivity index (χ1) is 39.0. The summed E-state index contributed by atoms with van der Waals surface area (Å²) in [7, 11) is 0. The Labute approximate surface area is 489 Å². The maximum Gasteiger partial charge on any atom is 0.306 e. The van der Waals surface area contributed by atoms with Crippen LogP contribution in [-0.4, -0.2) is 37.2 Å². The van der Waals surface area contributed by atoms with Crippen LogP contribution in [0.2, 0.25) is 0 Å². The molecule has 0 saturated carbocycles. The van der Waals surface area contributed by atoms with Crippen molar-refractivity contribution in [2.45, 2.75) is 322 Å². The number of rotatable bonds is 60. The smallest absolute Gasteiger partial charge is 0.306 e. The van der Waals surface area contributed by atoms with Gasteiger partial charge in [0.05, 0.1) is 0 Å². The zero-order valence-electron chi connectivity index (χ0n) is 51.9. The zero-order valence-corrected chi connectivity index (χ0v) is 51.9. The minimum absolute atomic E-state index is 0.0813. The van der Waals surface area contributed by atoms with Crippen molar-refractivity contribution in [1.82, 2.24) is 0 Å². The fourth-order valence-corrected chi connectivity index (χ4v) is 9.29. The molecule has 0 heterocycles. The molecule has 79 heavy (non-hydrogen) atoms. The average Bonchev–Trinajstić information content (AvgIpc) is 3.45. The van der Waals surface area contributed by atoms with Crippen LogP contribution >= 0.6 is 0 Å². The summed E-state index contributed by atoms with van der Waals surface area (Å²) in [6.45, 7) is 6.39. The van der Waals surface area contributed by atoms with Crippen molar-refractivity contribution in [3.8, 4) is 0 Å². The van der Waals surface area contributed by atoms with Crippen LogP contribution in [0.5, 0.6) is 0 Å². The lowest BCUT2D eigenvalue weighted by molar-refractivity contribution is -0.167. The number of carbonyl (C=O) groups excluding carboxylic acids is 3. The predicted molar refractivity (Wildman–Crippen MR) is 343 cm³/mol. The molecule has 0 aliphatic heterocycles. The van der Waals surface area contributed by atoms with E-state index in [0.717, 1.165) is 116 Å². The van der Waals surface area contributed by atoms with Crippen LogP contribution in [0.25, 0.3) is 0 Å². The van der Waals surface area contributed by atoms with E-state index in [1.807, 2.05) is 0 Å². The van der Waals surface area contributed by atoms with Crippen molar-refractivity contribution in [2.24, 2.45) is 0 Å². The maximum absolute atomic E-state index is 12.9. The molecule has 0 aromatic heterocycles. The summed E-state index contributed by atoms with van der Waals surface area (Å²) >= 11 is 0. The third-order valence-electron chi connectivity index (χ3n) is 14.2. The van der Waals surface area contributed by atoms with Crippen molar-refractivity contribution < 1.29 is 28.6 Å². The van der Waals surface area contributed by atoms with Gasteiger partial charge in [-0.25, -0.2) is 0 Å². The molecule has 1 atom stereocenters. The van der Waals surface area contributed by atoms with Gasteiger partial charge in [-0.15, -0.1) is 0 Å². The third-order valence-corrected chi connectivity index (χ3v) is 14.2. The van der Waals surface area contributed by atoms with E-state index in [9.17, 15) is 14.4 Å². The molecule has 0 radical (unpaired) electrons. The van der Waals surface area contributed by atoms with Crippen LogP contribution < -0.4 is 0 Å². The lowest BCUT2D eigenvalue weighted by Gasteiger charge is -2.18. The summed E-state index contributed by atoms with van der Waals surface area (Å²) in [4.78, 5) is 38.3. The Kier molecular flexibility index (Phi) is 63.3. The van der Waals surface area contributed by atoms with Gasteiger partial charge in [-0.2, -0.15) is 0 Å².